The average Bonchev–Trinajstić information content (AvgIpc) is 2.38. The van der Waals surface area contributed by atoms with Gasteiger partial charge in [0, 0.05) is 13.2 Å². The molecular formula is C14H19F4NO. The van der Waals surface area contributed by atoms with E-state index in [1.165, 1.54) is 6.07 Å². The maximum absolute atomic E-state index is 13.1. The molecular weight excluding hydrogens is 274 g/mol. The van der Waals surface area contributed by atoms with Crippen molar-refractivity contribution in [1.29, 1.82) is 0 Å². The van der Waals surface area contributed by atoms with Crippen LogP contribution >= 0.6 is 0 Å². The number of nitrogens with one attached hydrogen (secondary N) is 1. The summed E-state index contributed by atoms with van der Waals surface area (Å²) in [5.74, 6) is -1.03. The minimum atomic E-state index is -4.67. The van der Waals surface area contributed by atoms with Crippen molar-refractivity contribution in [2.24, 2.45) is 5.92 Å². The molecule has 0 aromatic heterocycles. The quantitative estimate of drug-likeness (QED) is 0.597. The second-order valence-electron chi connectivity index (χ2n) is 4.92. The summed E-state index contributed by atoms with van der Waals surface area (Å²) in [6, 6.07) is 3.01. The SMILES string of the molecule is CC(CO)CCCNCc1ccc(F)c(C(F)(F)F)c1. The predicted molar refractivity (Wildman–Crippen MR) is 68.6 cm³/mol. The van der Waals surface area contributed by atoms with E-state index in [0.29, 0.717) is 12.1 Å². The number of halogens is 4. The van der Waals surface area contributed by atoms with E-state index in [2.05, 4.69) is 5.32 Å². The van der Waals surface area contributed by atoms with Crippen LogP contribution in [0.4, 0.5) is 17.6 Å². The van der Waals surface area contributed by atoms with Crippen LogP contribution in [0.25, 0.3) is 0 Å². The Labute approximate surface area is 115 Å². The lowest BCUT2D eigenvalue weighted by Gasteiger charge is -2.11. The first-order valence-electron chi connectivity index (χ1n) is 6.51. The molecule has 0 bridgehead atoms. The smallest absolute Gasteiger partial charge is 0.396 e. The molecule has 0 spiro atoms. The Morgan fingerprint density at radius 1 is 1.30 bits per heavy atom. The van der Waals surface area contributed by atoms with Gasteiger partial charge in [-0.2, -0.15) is 13.2 Å². The van der Waals surface area contributed by atoms with Crippen molar-refractivity contribution in [3.05, 3.63) is 35.1 Å². The fourth-order valence-corrected chi connectivity index (χ4v) is 1.80. The summed E-state index contributed by atoms with van der Waals surface area (Å²) in [5, 5.41) is 11.8. The zero-order valence-electron chi connectivity index (χ0n) is 11.3. The van der Waals surface area contributed by atoms with Gasteiger partial charge in [-0.3, -0.25) is 0 Å². The van der Waals surface area contributed by atoms with Gasteiger partial charge >= 0.3 is 6.18 Å². The lowest BCUT2D eigenvalue weighted by atomic mass is 10.1. The van der Waals surface area contributed by atoms with E-state index in [9.17, 15) is 17.6 Å². The van der Waals surface area contributed by atoms with Crippen LogP contribution in [0.2, 0.25) is 0 Å². The Balaban J connectivity index is 2.45. The third-order valence-electron chi connectivity index (χ3n) is 3.03. The van der Waals surface area contributed by atoms with E-state index in [4.69, 9.17) is 5.11 Å². The van der Waals surface area contributed by atoms with Gasteiger partial charge in [-0.05, 0) is 43.0 Å². The van der Waals surface area contributed by atoms with Gasteiger partial charge in [0.2, 0.25) is 0 Å². The second-order valence-corrected chi connectivity index (χ2v) is 4.92. The third kappa shape index (κ3) is 5.46. The molecule has 1 aromatic rings. The highest BCUT2D eigenvalue weighted by Crippen LogP contribution is 2.31. The Kier molecular flexibility index (Phi) is 6.42. The molecule has 0 heterocycles. The van der Waals surface area contributed by atoms with Crippen LogP contribution in [0.3, 0.4) is 0 Å². The molecule has 0 aliphatic heterocycles. The van der Waals surface area contributed by atoms with E-state index in [1.54, 1.807) is 0 Å². The minimum absolute atomic E-state index is 0.132. The van der Waals surface area contributed by atoms with Gasteiger partial charge in [0.05, 0.1) is 5.56 Å². The monoisotopic (exact) mass is 293 g/mol. The molecule has 20 heavy (non-hydrogen) atoms. The second kappa shape index (κ2) is 7.59. The summed E-state index contributed by atoms with van der Waals surface area (Å²) in [6.45, 7) is 2.96. The molecule has 114 valence electrons. The number of hydrogen-bond acceptors (Lipinski definition) is 2. The van der Waals surface area contributed by atoms with Crippen LogP contribution in [0.1, 0.15) is 30.9 Å². The predicted octanol–water partition coefficient (Wildman–Crippen LogP) is 3.34. The molecule has 1 aromatic carbocycles. The highest BCUT2D eigenvalue weighted by molar-refractivity contribution is 5.27. The molecule has 1 atom stereocenters. The number of alkyl halides is 3. The summed E-state index contributed by atoms with van der Waals surface area (Å²) in [5.41, 5.74) is -0.834. The lowest BCUT2D eigenvalue weighted by molar-refractivity contribution is -0.140. The van der Waals surface area contributed by atoms with Crippen LogP contribution in [-0.2, 0) is 12.7 Å². The van der Waals surface area contributed by atoms with Crippen molar-refractivity contribution in [3.63, 3.8) is 0 Å². The van der Waals surface area contributed by atoms with Crippen molar-refractivity contribution in [3.8, 4) is 0 Å². The maximum Gasteiger partial charge on any atom is 0.419 e. The van der Waals surface area contributed by atoms with Crippen molar-refractivity contribution in [2.75, 3.05) is 13.2 Å². The normalized spacial score (nSPS) is 13.5. The molecule has 1 unspecified atom stereocenters. The lowest BCUT2D eigenvalue weighted by Crippen LogP contribution is -2.17. The fourth-order valence-electron chi connectivity index (χ4n) is 1.80. The average molecular weight is 293 g/mol. The van der Waals surface area contributed by atoms with Crippen LogP contribution in [0.15, 0.2) is 18.2 Å². The minimum Gasteiger partial charge on any atom is -0.396 e. The molecule has 0 saturated carbocycles. The van der Waals surface area contributed by atoms with Gasteiger partial charge in [0.15, 0.2) is 0 Å². The first kappa shape index (κ1) is 16.9. The van der Waals surface area contributed by atoms with Crippen molar-refractivity contribution < 1.29 is 22.7 Å². The van der Waals surface area contributed by atoms with Crippen molar-refractivity contribution in [1.82, 2.24) is 5.32 Å². The van der Waals surface area contributed by atoms with Crippen molar-refractivity contribution >= 4 is 0 Å². The molecule has 0 radical (unpaired) electrons. The van der Waals surface area contributed by atoms with Gasteiger partial charge in [-0.1, -0.05) is 13.0 Å². The molecule has 0 aliphatic rings. The summed E-state index contributed by atoms with van der Waals surface area (Å²) < 4.78 is 50.6. The molecule has 2 nitrogen and oxygen atoms in total. The van der Waals surface area contributed by atoms with Gasteiger partial charge < -0.3 is 10.4 Å². The van der Waals surface area contributed by atoms with Gasteiger partial charge in [-0.15, -0.1) is 0 Å². The molecule has 6 heteroatoms. The Hall–Kier alpha value is -1.14. The van der Waals surface area contributed by atoms with Crippen LogP contribution in [-0.4, -0.2) is 18.3 Å². The number of benzene rings is 1. The summed E-state index contributed by atoms with van der Waals surface area (Å²) in [4.78, 5) is 0. The Morgan fingerprint density at radius 3 is 2.60 bits per heavy atom. The number of aliphatic hydroxyl groups excluding tert-OH is 1. The van der Waals surface area contributed by atoms with E-state index in [0.717, 1.165) is 25.0 Å². The van der Waals surface area contributed by atoms with E-state index in [-0.39, 0.29) is 19.1 Å². The highest BCUT2D eigenvalue weighted by atomic mass is 19.4. The first-order valence-corrected chi connectivity index (χ1v) is 6.51. The van der Waals surface area contributed by atoms with E-state index in [1.807, 2.05) is 6.92 Å². The molecule has 0 aliphatic carbocycles. The van der Waals surface area contributed by atoms with Crippen molar-refractivity contribution in [2.45, 2.75) is 32.5 Å². The summed E-state index contributed by atoms with van der Waals surface area (Å²) in [7, 11) is 0. The Bertz CT molecular complexity index is 420. The molecule has 0 amide bonds. The zero-order valence-corrected chi connectivity index (χ0v) is 11.3. The largest absolute Gasteiger partial charge is 0.419 e. The number of rotatable bonds is 7. The number of hydrogen-bond donors (Lipinski definition) is 2. The maximum atomic E-state index is 13.1. The third-order valence-corrected chi connectivity index (χ3v) is 3.03. The molecule has 2 N–H and O–H groups in total. The van der Waals surface area contributed by atoms with E-state index < -0.39 is 17.6 Å². The molecule has 1 rings (SSSR count). The first-order chi connectivity index (χ1) is 9.34. The molecule has 0 saturated heterocycles. The topological polar surface area (TPSA) is 32.3 Å². The van der Waals surface area contributed by atoms with Crippen LogP contribution < -0.4 is 5.32 Å². The van der Waals surface area contributed by atoms with Gasteiger partial charge in [0.1, 0.15) is 5.82 Å². The molecule has 0 fully saturated rings. The summed E-state index contributed by atoms with van der Waals surface area (Å²) >= 11 is 0. The highest BCUT2D eigenvalue weighted by Gasteiger charge is 2.34. The zero-order chi connectivity index (χ0) is 15.2. The van der Waals surface area contributed by atoms with Crippen LogP contribution in [0, 0.1) is 11.7 Å². The van der Waals surface area contributed by atoms with E-state index >= 15 is 0 Å². The fraction of sp³-hybridized carbons (Fsp3) is 0.571. The Morgan fingerprint density at radius 2 is 2.00 bits per heavy atom. The van der Waals surface area contributed by atoms with Gasteiger partial charge in [-0.25, -0.2) is 4.39 Å². The van der Waals surface area contributed by atoms with Gasteiger partial charge in [0.25, 0.3) is 0 Å². The van der Waals surface area contributed by atoms with Crippen LogP contribution in [0.5, 0.6) is 0 Å². The standard InChI is InChI=1S/C14H19F4NO/c1-10(9-20)3-2-6-19-8-11-4-5-13(15)12(7-11)14(16,17)18/h4-5,7,10,19-20H,2-3,6,8-9H2,1H3. The number of aliphatic hydroxyl groups is 1. The summed E-state index contributed by atoms with van der Waals surface area (Å²) in [6.07, 6.45) is -2.99.